The number of aryl methyl sites for hydroxylation is 2. The van der Waals surface area contributed by atoms with Crippen LogP contribution in [0.5, 0.6) is 0 Å². The van der Waals surface area contributed by atoms with Gasteiger partial charge >= 0.3 is 0 Å². The predicted molar refractivity (Wildman–Crippen MR) is 220 cm³/mol. The lowest BCUT2D eigenvalue weighted by Gasteiger charge is -2.26. The van der Waals surface area contributed by atoms with E-state index in [1.165, 1.54) is 55.9 Å². The van der Waals surface area contributed by atoms with E-state index in [1.54, 1.807) is 0 Å². The molecule has 0 spiro atoms. The van der Waals surface area contributed by atoms with Gasteiger partial charge in [-0.15, -0.1) is 0 Å². The van der Waals surface area contributed by atoms with Crippen LogP contribution in [-0.2, 0) is 39.0 Å². The largest absolute Gasteiger partial charge is 0.363 e. The molecule has 0 aliphatic heterocycles. The molecular weight excluding hydrogens is 629 g/mol. The molecule has 7 aromatic rings. The third-order valence-corrected chi connectivity index (χ3v) is 10.1. The fraction of sp³-hybridized carbons (Fsp3) is 0.160. The van der Waals surface area contributed by atoms with Gasteiger partial charge in [0.05, 0.1) is 0 Å². The number of nitrogens with zero attached hydrogens (tertiary/aromatic N) is 2. The van der Waals surface area contributed by atoms with Crippen LogP contribution in [0.25, 0.3) is 0 Å². The Labute approximate surface area is 310 Å². The number of hydrogen-bond acceptors (Lipinski definition) is 2. The quantitative estimate of drug-likeness (QED) is 0.107. The Bertz CT molecular complexity index is 1970. The minimum absolute atomic E-state index is 0.321. The molecule has 7 rings (SSSR count). The molecule has 0 fully saturated rings. The molecule has 7 aromatic carbocycles. The van der Waals surface area contributed by atoms with Crippen molar-refractivity contribution in [3.8, 4) is 0 Å². The second-order valence-corrected chi connectivity index (χ2v) is 13.9. The third kappa shape index (κ3) is 9.47. The molecule has 0 radical (unpaired) electrons. The summed E-state index contributed by atoms with van der Waals surface area (Å²) in [6.07, 6.45) is 2.05. The summed E-state index contributed by atoms with van der Waals surface area (Å²) < 4.78 is 0. The molecule has 0 heterocycles. The normalized spacial score (nSPS) is 11.6. The van der Waals surface area contributed by atoms with Crippen molar-refractivity contribution in [1.29, 1.82) is 0 Å². The summed E-state index contributed by atoms with van der Waals surface area (Å²) in [5, 5.41) is 0. The van der Waals surface area contributed by atoms with Gasteiger partial charge in [-0.05, 0) is 81.6 Å². The summed E-state index contributed by atoms with van der Waals surface area (Å²) in [7, 11) is 0. The maximum atomic E-state index is 2.47. The number of rotatable bonds is 15. The van der Waals surface area contributed by atoms with Gasteiger partial charge in [0.1, 0.15) is 0 Å². The molecule has 0 aliphatic rings. The second-order valence-electron chi connectivity index (χ2n) is 13.9. The number of benzene rings is 7. The summed E-state index contributed by atoms with van der Waals surface area (Å²) in [5.74, 6) is 0.321. The Morgan fingerprint density at radius 2 is 0.577 bits per heavy atom. The first-order valence-corrected chi connectivity index (χ1v) is 18.6. The molecule has 0 saturated heterocycles. The zero-order chi connectivity index (χ0) is 35.4. The fourth-order valence-electron chi connectivity index (χ4n) is 6.99. The fourth-order valence-corrected chi connectivity index (χ4v) is 6.99. The highest BCUT2D eigenvalue weighted by molar-refractivity contribution is 5.51. The molecule has 0 N–H and O–H groups in total. The Kier molecular flexibility index (Phi) is 11.6. The maximum absolute atomic E-state index is 2.47. The van der Waals surface area contributed by atoms with Crippen LogP contribution in [0, 0.1) is 0 Å². The first kappa shape index (κ1) is 34.6. The van der Waals surface area contributed by atoms with Gasteiger partial charge in [0, 0.05) is 43.5 Å². The Hall–Kier alpha value is -5.86. The van der Waals surface area contributed by atoms with Gasteiger partial charge < -0.3 is 9.80 Å². The van der Waals surface area contributed by atoms with Crippen molar-refractivity contribution in [2.75, 3.05) is 9.80 Å². The van der Waals surface area contributed by atoms with Crippen LogP contribution in [0.1, 0.15) is 57.3 Å². The molecule has 2 heteroatoms. The second kappa shape index (κ2) is 17.4. The van der Waals surface area contributed by atoms with Crippen LogP contribution in [0.15, 0.2) is 194 Å². The smallest absolute Gasteiger partial charge is 0.0433 e. The Balaban J connectivity index is 0.969. The van der Waals surface area contributed by atoms with E-state index in [4.69, 9.17) is 0 Å². The van der Waals surface area contributed by atoms with Gasteiger partial charge in [0.15, 0.2) is 0 Å². The number of hydrogen-bond donors (Lipinski definition) is 0. The van der Waals surface area contributed by atoms with Gasteiger partial charge in [-0.1, -0.05) is 177 Å². The van der Waals surface area contributed by atoms with Crippen LogP contribution < -0.4 is 9.80 Å². The highest BCUT2D eigenvalue weighted by Gasteiger charge is 2.13. The van der Waals surface area contributed by atoms with Crippen molar-refractivity contribution >= 4 is 11.4 Å². The highest BCUT2D eigenvalue weighted by Crippen LogP contribution is 2.29. The molecule has 258 valence electrons. The zero-order valence-corrected chi connectivity index (χ0v) is 30.2. The summed E-state index contributed by atoms with van der Waals surface area (Å²) in [5.41, 5.74) is 13.2. The van der Waals surface area contributed by atoms with E-state index >= 15 is 0 Å². The molecule has 0 saturated carbocycles. The standard InChI is InChI=1S/C50H48N2/c1-40(48-30-34-50(35-31-48)52(38-45-18-10-4-11-19-45)39-46-20-12-5-13-21-46)47-28-24-41(25-29-47)22-23-42-26-32-49(33-27-42)51(36-43-14-6-2-7-15-43)37-44-16-8-3-9-17-44/h2-21,24-35,40H,22-23,36-39H2,1H3. The minimum Gasteiger partial charge on any atom is -0.363 e. The van der Waals surface area contributed by atoms with Crippen LogP contribution in [0.2, 0.25) is 0 Å². The highest BCUT2D eigenvalue weighted by atomic mass is 15.1. The maximum Gasteiger partial charge on any atom is 0.0433 e. The summed E-state index contributed by atoms with van der Waals surface area (Å²) in [4.78, 5) is 4.93. The molecule has 0 bridgehead atoms. The van der Waals surface area contributed by atoms with Gasteiger partial charge in [-0.3, -0.25) is 0 Å². The molecule has 1 unspecified atom stereocenters. The van der Waals surface area contributed by atoms with Crippen molar-refractivity contribution in [1.82, 2.24) is 0 Å². The molecule has 2 nitrogen and oxygen atoms in total. The summed E-state index contributed by atoms with van der Waals surface area (Å²) >= 11 is 0. The van der Waals surface area contributed by atoms with Crippen LogP contribution >= 0.6 is 0 Å². The molecule has 0 amide bonds. The van der Waals surface area contributed by atoms with Crippen molar-refractivity contribution in [2.45, 2.75) is 51.9 Å². The molecule has 1 atom stereocenters. The molecule has 0 aliphatic carbocycles. The van der Waals surface area contributed by atoms with Gasteiger partial charge in [0.25, 0.3) is 0 Å². The molecule has 0 aromatic heterocycles. The van der Waals surface area contributed by atoms with Gasteiger partial charge in [-0.2, -0.15) is 0 Å². The van der Waals surface area contributed by atoms with E-state index in [1.807, 2.05) is 0 Å². The van der Waals surface area contributed by atoms with Gasteiger partial charge in [0.2, 0.25) is 0 Å². The summed E-state index contributed by atoms with van der Waals surface area (Å²) in [6.45, 7) is 5.82. The Morgan fingerprint density at radius 3 is 0.904 bits per heavy atom. The van der Waals surface area contributed by atoms with E-state index in [-0.39, 0.29) is 0 Å². The van der Waals surface area contributed by atoms with Crippen molar-refractivity contribution in [3.63, 3.8) is 0 Å². The monoisotopic (exact) mass is 676 g/mol. The average molecular weight is 677 g/mol. The van der Waals surface area contributed by atoms with E-state index in [0.29, 0.717) is 5.92 Å². The van der Waals surface area contributed by atoms with Crippen molar-refractivity contribution in [3.05, 3.63) is 239 Å². The lowest BCUT2D eigenvalue weighted by Crippen LogP contribution is -2.22. The zero-order valence-electron chi connectivity index (χ0n) is 30.2. The van der Waals surface area contributed by atoms with E-state index in [0.717, 1.165) is 39.0 Å². The average Bonchev–Trinajstić information content (AvgIpc) is 3.21. The topological polar surface area (TPSA) is 6.48 Å². The lowest BCUT2D eigenvalue weighted by atomic mass is 9.91. The van der Waals surface area contributed by atoms with Crippen molar-refractivity contribution in [2.24, 2.45) is 0 Å². The van der Waals surface area contributed by atoms with Crippen molar-refractivity contribution < 1.29 is 0 Å². The van der Waals surface area contributed by atoms with Gasteiger partial charge in [-0.25, -0.2) is 0 Å². The Morgan fingerprint density at radius 1 is 0.308 bits per heavy atom. The molecule has 52 heavy (non-hydrogen) atoms. The lowest BCUT2D eigenvalue weighted by molar-refractivity contribution is 0.798. The number of anilines is 2. The van der Waals surface area contributed by atoms with E-state index in [2.05, 4.69) is 211 Å². The summed E-state index contributed by atoms with van der Waals surface area (Å²) in [6, 6.07) is 70.7. The predicted octanol–water partition coefficient (Wildman–Crippen LogP) is 12.0. The minimum atomic E-state index is 0.321. The third-order valence-electron chi connectivity index (χ3n) is 10.1. The van der Waals surface area contributed by atoms with Crippen LogP contribution in [0.4, 0.5) is 11.4 Å². The van der Waals surface area contributed by atoms with E-state index in [9.17, 15) is 0 Å². The molecular formula is C50H48N2. The van der Waals surface area contributed by atoms with E-state index < -0.39 is 0 Å². The first-order valence-electron chi connectivity index (χ1n) is 18.6. The SMILES string of the molecule is CC(c1ccc(CCc2ccc(N(Cc3ccccc3)Cc3ccccc3)cc2)cc1)c1ccc(N(Cc2ccccc2)Cc2ccccc2)cc1. The van der Waals surface area contributed by atoms with Crippen LogP contribution in [-0.4, -0.2) is 0 Å². The first-order chi connectivity index (χ1) is 25.7. The van der Waals surface area contributed by atoms with Crippen LogP contribution in [0.3, 0.4) is 0 Å².